The van der Waals surface area contributed by atoms with E-state index in [9.17, 15) is 13.2 Å². The lowest BCUT2D eigenvalue weighted by molar-refractivity contribution is -0.137. The fourth-order valence-electron chi connectivity index (χ4n) is 1.72. The second kappa shape index (κ2) is 6.42. The Kier molecular flexibility index (Phi) is 4.81. The Morgan fingerprint density at radius 2 is 1.86 bits per heavy atom. The Morgan fingerprint density at radius 3 is 2.48 bits per heavy atom. The summed E-state index contributed by atoms with van der Waals surface area (Å²) in [5.41, 5.74) is -0.430. The van der Waals surface area contributed by atoms with Gasteiger partial charge in [0.2, 0.25) is 0 Å². The highest BCUT2D eigenvalue weighted by molar-refractivity contribution is 7.98. The van der Waals surface area contributed by atoms with Crippen molar-refractivity contribution >= 4 is 23.4 Å². The average Bonchev–Trinajstić information content (AvgIpc) is 2.45. The molecule has 0 saturated carbocycles. The lowest BCUT2D eigenvalue weighted by Crippen LogP contribution is -2.07. The van der Waals surface area contributed by atoms with Crippen molar-refractivity contribution in [2.45, 2.75) is 16.8 Å². The zero-order valence-corrected chi connectivity index (χ0v) is 12.2. The number of rotatable bonds is 3. The Bertz CT molecular complexity index is 692. The van der Waals surface area contributed by atoms with Gasteiger partial charge >= 0.3 is 6.18 Å². The molecular weight excluding hydrogens is 319 g/mol. The molecule has 0 spiro atoms. The van der Waals surface area contributed by atoms with Crippen LogP contribution in [0.4, 0.5) is 13.2 Å². The van der Waals surface area contributed by atoms with Gasteiger partial charge in [-0.15, -0.1) is 11.8 Å². The fraction of sp³-hybridized carbons (Fsp3) is 0.133. The maximum atomic E-state index is 12.9. The number of benzene rings is 2. The maximum absolute atomic E-state index is 12.9. The van der Waals surface area contributed by atoms with E-state index in [1.165, 1.54) is 23.9 Å². The zero-order valence-electron chi connectivity index (χ0n) is 10.6. The van der Waals surface area contributed by atoms with Crippen LogP contribution in [0.25, 0.3) is 0 Å². The van der Waals surface area contributed by atoms with E-state index in [1.807, 2.05) is 12.1 Å². The minimum atomic E-state index is -4.54. The molecule has 0 N–H and O–H groups in total. The van der Waals surface area contributed by atoms with Crippen LogP contribution in [-0.4, -0.2) is 0 Å². The number of hydrogen-bond acceptors (Lipinski definition) is 2. The van der Waals surface area contributed by atoms with Crippen LogP contribution in [0.3, 0.4) is 0 Å². The van der Waals surface area contributed by atoms with Gasteiger partial charge < -0.3 is 0 Å². The van der Waals surface area contributed by atoms with Gasteiger partial charge in [0, 0.05) is 15.7 Å². The quantitative estimate of drug-likeness (QED) is 0.693. The summed E-state index contributed by atoms with van der Waals surface area (Å²) in [6.45, 7) is 0. The molecule has 0 aliphatic carbocycles. The summed E-state index contributed by atoms with van der Waals surface area (Å²) in [5, 5.41) is 9.32. The first kappa shape index (κ1) is 15.7. The van der Waals surface area contributed by atoms with Gasteiger partial charge in [-0.2, -0.15) is 18.4 Å². The predicted molar refractivity (Wildman–Crippen MR) is 77.2 cm³/mol. The van der Waals surface area contributed by atoms with E-state index in [0.29, 0.717) is 15.7 Å². The highest BCUT2D eigenvalue weighted by Crippen LogP contribution is 2.35. The molecule has 0 aromatic heterocycles. The standard InChI is InChI=1S/C15H9ClF3NS/c16-14-4-2-1-3-11(14)9-21-12-6-5-10(8-20)13(7-12)15(17,18)19/h1-7H,9H2. The number of nitrogens with zero attached hydrogens (tertiary/aromatic N) is 1. The van der Waals surface area contributed by atoms with Crippen LogP contribution in [0, 0.1) is 11.3 Å². The molecule has 0 aliphatic rings. The van der Waals surface area contributed by atoms with E-state index in [0.717, 1.165) is 11.6 Å². The molecule has 0 radical (unpaired) electrons. The van der Waals surface area contributed by atoms with Gasteiger partial charge in [-0.25, -0.2) is 0 Å². The largest absolute Gasteiger partial charge is 0.417 e. The van der Waals surface area contributed by atoms with Gasteiger partial charge in [0.1, 0.15) is 0 Å². The fourth-order valence-corrected chi connectivity index (χ4v) is 2.94. The third-order valence-electron chi connectivity index (χ3n) is 2.77. The van der Waals surface area contributed by atoms with Crippen molar-refractivity contribution in [1.82, 2.24) is 0 Å². The van der Waals surface area contributed by atoms with Crippen LogP contribution in [0.2, 0.25) is 5.02 Å². The summed E-state index contributed by atoms with van der Waals surface area (Å²) in [7, 11) is 0. The van der Waals surface area contributed by atoms with E-state index in [-0.39, 0.29) is 5.56 Å². The van der Waals surface area contributed by atoms with Gasteiger partial charge in [0.05, 0.1) is 17.2 Å². The first-order valence-electron chi connectivity index (χ1n) is 5.89. The van der Waals surface area contributed by atoms with Gasteiger partial charge in [0.15, 0.2) is 0 Å². The van der Waals surface area contributed by atoms with Crippen LogP contribution in [0.1, 0.15) is 16.7 Å². The van der Waals surface area contributed by atoms with Crippen molar-refractivity contribution < 1.29 is 13.2 Å². The van der Waals surface area contributed by atoms with Crippen molar-refractivity contribution in [2.24, 2.45) is 0 Å². The normalized spacial score (nSPS) is 11.2. The van der Waals surface area contributed by atoms with Crippen LogP contribution >= 0.6 is 23.4 Å². The van der Waals surface area contributed by atoms with E-state index in [2.05, 4.69) is 0 Å². The van der Waals surface area contributed by atoms with Crippen molar-refractivity contribution in [2.75, 3.05) is 0 Å². The minimum absolute atomic E-state index is 0.371. The predicted octanol–water partition coefficient (Wildman–Crippen LogP) is 5.52. The van der Waals surface area contributed by atoms with Gasteiger partial charge in [-0.1, -0.05) is 29.8 Å². The molecule has 0 unspecified atom stereocenters. The van der Waals surface area contributed by atoms with Crippen molar-refractivity contribution in [3.63, 3.8) is 0 Å². The molecule has 21 heavy (non-hydrogen) atoms. The Morgan fingerprint density at radius 1 is 1.14 bits per heavy atom. The average molecular weight is 328 g/mol. The summed E-state index contributed by atoms with van der Waals surface area (Å²) >= 11 is 7.25. The molecule has 2 rings (SSSR count). The molecule has 2 aromatic rings. The third-order valence-corrected chi connectivity index (χ3v) is 4.18. The number of alkyl halides is 3. The topological polar surface area (TPSA) is 23.8 Å². The Labute approximate surface area is 129 Å². The summed E-state index contributed by atoms with van der Waals surface area (Å²) in [6, 6.07) is 12.4. The summed E-state index contributed by atoms with van der Waals surface area (Å²) in [6.07, 6.45) is -4.54. The maximum Gasteiger partial charge on any atom is 0.417 e. The molecule has 108 valence electrons. The van der Waals surface area contributed by atoms with E-state index in [1.54, 1.807) is 18.2 Å². The van der Waals surface area contributed by atoms with Crippen LogP contribution in [0.15, 0.2) is 47.4 Å². The molecular formula is C15H9ClF3NS. The zero-order chi connectivity index (χ0) is 15.5. The van der Waals surface area contributed by atoms with Crippen molar-refractivity contribution in [3.05, 3.63) is 64.2 Å². The Balaban J connectivity index is 2.23. The smallest absolute Gasteiger partial charge is 0.192 e. The van der Waals surface area contributed by atoms with E-state index < -0.39 is 11.7 Å². The van der Waals surface area contributed by atoms with Gasteiger partial charge in [0.25, 0.3) is 0 Å². The molecule has 0 fully saturated rings. The first-order valence-corrected chi connectivity index (χ1v) is 7.25. The molecule has 0 aliphatic heterocycles. The highest BCUT2D eigenvalue weighted by Gasteiger charge is 2.33. The Hall–Kier alpha value is -1.64. The molecule has 2 aromatic carbocycles. The molecule has 0 bridgehead atoms. The third kappa shape index (κ3) is 3.93. The van der Waals surface area contributed by atoms with Gasteiger partial charge in [-0.05, 0) is 29.8 Å². The molecule has 1 nitrogen and oxygen atoms in total. The molecule has 0 amide bonds. The highest BCUT2D eigenvalue weighted by atomic mass is 35.5. The lowest BCUT2D eigenvalue weighted by atomic mass is 10.1. The van der Waals surface area contributed by atoms with E-state index in [4.69, 9.17) is 16.9 Å². The van der Waals surface area contributed by atoms with Crippen LogP contribution < -0.4 is 0 Å². The summed E-state index contributed by atoms with van der Waals surface area (Å²) in [4.78, 5) is 0.446. The van der Waals surface area contributed by atoms with Crippen LogP contribution in [-0.2, 0) is 11.9 Å². The van der Waals surface area contributed by atoms with Crippen molar-refractivity contribution in [1.29, 1.82) is 5.26 Å². The molecule has 6 heteroatoms. The molecule has 0 saturated heterocycles. The number of hydrogen-bond donors (Lipinski definition) is 0. The summed E-state index contributed by atoms with van der Waals surface area (Å²) in [5.74, 6) is 0.461. The minimum Gasteiger partial charge on any atom is -0.192 e. The van der Waals surface area contributed by atoms with E-state index >= 15 is 0 Å². The molecule has 0 heterocycles. The first-order chi connectivity index (χ1) is 9.91. The SMILES string of the molecule is N#Cc1ccc(SCc2ccccc2Cl)cc1C(F)(F)F. The van der Waals surface area contributed by atoms with Crippen molar-refractivity contribution in [3.8, 4) is 6.07 Å². The number of halogens is 4. The second-order valence-corrected chi connectivity index (χ2v) is 5.65. The monoisotopic (exact) mass is 327 g/mol. The van der Waals surface area contributed by atoms with Crippen LogP contribution in [0.5, 0.6) is 0 Å². The van der Waals surface area contributed by atoms with Gasteiger partial charge in [-0.3, -0.25) is 0 Å². The molecule has 0 atom stereocenters. The number of thioether (sulfide) groups is 1. The lowest BCUT2D eigenvalue weighted by Gasteiger charge is -2.11. The second-order valence-electron chi connectivity index (χ2n) is 4.20. The number of nitriles is 1. The summed E-state index contributed by atoms with van der Waals surface area (Å²) < 4.78 is 38.6.